The van der Waals surface area contributed by atoms with Gasteiger partial charge in [0, 0.05) is 5.56 Å². The number of hydrazone groups is 1. The van der Waals surface area contributed by atoms with E-state index in [0.29, 0.717) is 0 Å². The normalized spacial score (nSPS) is 11.6. The lowest BCUT2D eigenvalue weighted by molar-refractivity contribution is 0.397. The maximum absolute atomic E-state index is 5.37. The molecule has 0 amide bonds. The third kappa shape index (κ3) is 4.00. The Bertz CT molecular complexity index is 464. The Labute approximate surface area is 113 Å². The number of hydrogen-bond donors (Lipinski definition) is 2. The Hall–Kier alpha value is -1.62. The highest BCUT2D eigenvalue weighted by Gasteiger charge is 2.18. The largest absolute Gasteiger partial charge is 0.496 e. The fourth-order valence-corrected chi connectivity index (χ4v) is 1.62. The van der Waals surface area contributed by atoms with Gasteiger partial charge in [-0.2, -0.15) is 5.10 Å². The van der Waals surface area contributed by atoms with Crippen LogP contribution in [0.25, 0.3) is 0 Å². The van der Waals surface area contributed by atoms with E-state index in [9.17, 15) is 0 Å². The molecular formula is C13H19N3OS. The van der Waals surface area contributed by atoms with Crippen LogP contribution in [-0.2, 0) is 5.41 Å². The Balaban J connectivity index is 3.03. The zero-order valence-corrected chi connectivity index (χ0v) is 12.0. The molecular weight excluding hydrogens is 246 g/mol. The number of hydrogen-bond acceptors (Lipinski definition) is 3. The van der Waals surface area contributed by atoms with Gasteiger partial charge in [0.1, 0.15) is 5.75 Å². The molecule has 0 aliphatic rings. The molecule has 98 valence electrons. The van der Waals surface area contributed by atoms with Crippen molar-refractivity contribution in [3.05, 3.63) is 29.3 Å². The molecule has 1 aromatic carbocycles. The molecule has 18 heavy (non-hydrogen) atoms. The van der Waals surface area contributed by atoms with Crippen molar-refractivity contribution in [1.29, 1.82) is 0 Å². The molecule has 4 nitrogen and oxygen atoms in total. The van der Waals surface area contributed by atoms with Gasteiger partial charge in [-0.05, 0) is 41.4 Å². The molecule has 0 radical (unpaired) electrons. The summed E-state index contributed by atoms with van der Waals surface area (Å²) in [5.74, 6) is 0.877. The van der Waals surface area contributed by atoms with E-state index in [0.717, 1.165) is 16.9 Å². The molecule has 0 aliphatic heterocycles. The summed E-state index contributed by atoms with van der Waals surface area (Å²) in [6.07, 6.45) is 1.67. The molecule has 0 aliphatic carbocycles. The van der Waals surface area contributed by atoms with Gasteiger partial charge in [0.15, 0.2) is 5.11 Å². The molecule has 0 heterocycles. The smallest absolute Gasteiger partial charge is 0.184 e. The fourth-order valence-electron chi connectivity index (χ4n) is 1.56. The van der Waals surface area contributed by atoms with E-state index in [2.05, 4.69) is 43.5 Å². The zero-order valence-electron chi connectivity index (χ0n) is 11.2. The van der Waals surface area contributed by atoms with E-state index >= 15 is 0 Å². The summed E-state index contributed by atoms with van der Waals surface area (Å²) in [7, 11) is 1.67. The molecule has 0 unspecified atom stereocenters. The number of rotatable bonds is 3. The molecule has 0 saturated heterocycles. The number of nitrogens with zero attached hydrogens (tertiary/aromatic N) is 1. The standard InChI is InChI=1S/C13H19N3OS/c1-13(2,3)10-7-9(5-6-11(10)17-4)8-15-16-12(14)18/h5-8H,1-4H3,(H3,14,16,18)/b15-8+. The Morgan fingerprint density at radius 3 is 2.61 bits per heavy atom. The lowest BCUT2D eigenvalue weighted by atomic mass is 9.85. The first-order valence-corrected chi connectivity index (χ1v) is 6.02. The molecule has 1 rings (SSSR count). The van der Waals surface area contributed by atoms with E-state index in [1.54, 1.807) is 13.3 Å². The van der Waals surface area contributed by atoms with Gasteiger partial charge in [-0.3, -0.25) is 5.43 Å². The second-order valence-electron chi connectivity index (χ2n) is 4.94. The second-order valence-corrected chi connectivity index (χ2v) is 5.38. The van der Waals surface area contributed by atoms with E-state index in [4.69, 9.17) is 10.5 Å². The average molecular weight is 265 g/mol. The van der Waals surface area contributed by atoms with Crippen LogP contribution in [0.5, 0.6) is 5.75 Å². The minimum absolute atomic E-state index is 0.00574. The van der Waals surface area contributed by atoms with Crippen LogP contribution < -0.4 is 15.9 Å². The van der Waals surface area contributed by atoms with Crippen molar-refractivity contribution in [3.63, 3.8) is 0 Å². The third-order valence-corrected chi connectivity index (χ3v) is 2.51. The van der Waals surface area contributed by atoms with Crippen LogP contribution in [0, 0.1) is 0 Å². The topological polar surface area (TPSA) is 59.6 Å². The Morgan fingerprint density at radius 2 is 2.11 bits per heavy atom. The van der Waals surface area contributed by atoms with Gasteiger partial charge in [0.05, 0.1) is 13.3 Å². The van der Waals surface area contributed by atoms with E-state index < -0.39 is 0 Å². The highest BCUT2D eigenvalue weighted by molar-refractivity contribution is 7.80. The number of nitrogens with two attached hydrogens (primary N) is 1. The number of thiocarbonyl (C=S) groups is 1. The van der Waals surface area contributed by atoms with Crippen molar-refractivity contribution in [2.75, 3.05) is 7.11 Å². The highest BCUT2D eigenvalue weighted by Crippen LogP contribution is 2.31. The minimum Gasteiger partial charge on any atom is -0.496 e. The van der Waals surface area contributed by atoms with Crippen molar-refractivity contribution in [1.82, 2.24) is 5.43 Å². The molecule has 1 aromatic rings. The van der Waals surface area contributed by atoms with E-state index in [-0.39, 0.29) is 10.5 Å². The van der Waals surface area contributed by atoms with Crippen LogP contribution in [0.4, 0.5) is 0 Å². The van der Waals surface area contributed by atoms with Crippen molar-refractivity contribution in [2.45, 2.75) is 26.2 Å². The molecule has 0 spiro atoms. The summed E-state index contributed by atoms with van der Waals surface area (Å²) in [5, 5.41) is 4.09. The van der Waals surface area contributed by atoms with Gasteiger partial charge in [-0.15, -0.1) is 0 Å². The predicted octanol–water partition coefficient (Wildman–Crippen LogP) is 2.16. The monoisotopic (exact) mass is 265 g/mol. The predicted molar refractivity (Wildman–Crippen MR) is 79.2 cm³/mol. The van der Waals surface area contributed by atoms with Crippen LogP contribution in [0.15, 0.2) is 23.3 Å². The molecule has 0 saturated carbocycles. The molecule has 0 bridgehead atoms. The van der Waals surface area contributed by atoms with Crippen molar-refractivity contribution >= 4 is 23.5 Å². The number of ether oxygens (including phenoxy) is 1. The average Bonchev–Trinajstić information content (AvgIpc) is 2.27. The maximum Gasteiger partial charge on any atom is 0.184 e. The van der Waals surface area contributed by atoms with Crippen molar-refractivity contribution < 1.29 is 4.74 Å². The number of nitrogens with one attached hydrogen (secondary N) is 1. The summed E-state index contributed by atoms with van der Waals surface area (Å²) in [6, 6.07) is 5.91. The summed E-state index contributed by atoms with van der Waals surface area (Å²) in [6.45, 7) is 6.41. The first-order chi connectivity index (χ1) is 8.34. The van der Waals surface area contributed by atoms with Crippen LogP contribution >= 0.6 is 12.2 Å². The van der Waals surface area contributed by atoms with E-state index in [1.807, 2.05) is 18.2 Å². The fraction of sp³-hybridized carbons (Fsp3) is 0.385. The molecule has 0 fully saturated rings. The molecule has 0 aromatic heterocycles. The van der Waals surface area contributed by atoms with Crippen LogP contribution in [0.1, 0.15) is 31.9 Å². The zero-order chi connectivity index (χ0) is 13.8. The van der Waals surface area contributed by atoms with Gasteiger partial charge in [0.25, 0.3) is 0 Å². The quantitative estimate of drug-likeness (QED) is 0.499. The third-order valence-electron chi connectivity index (χ3n) is 2.42. The SMILES string of the molecule is COc1ccc(/C=N/NC(N)=S)cc1C(C)(C)C. The van der Waals surface area contributed by atoms with Crippen LogP contribution in [-0.4, -0.2) is 18.4 Å². The Kier molecular flexibility index (Phi) is 4.67. The van der Waals surface area contributed by atoms with E-state index in [1.165, 1.54) is 0 Å². The van der Waals surface area contributed by atoms with Crippen LogP contribution in [0.3, 0.4) is 0 Å². The number of methoxy groups -OCH3 is 1. The second kappa shape index (κ2) is 5.82. The van der Waals surface area contributed by atoms with Gasteiger partial charge in [-0.1, -0.05) is 20.8 Å². The van der Waals surface area contributed by atoms with Gasteiger partial charge < -0.3 is 10.5 Å². The molecule has 0 atom stereocenters. The summed E-state index contributed by atoms with van der Waals surface area (Å²) in [4.78, 5) is 0. The summed E-state index contributed by atoms with van der Waals surface area (Å²) >= 11 is 4.67. The van der Waals surface area contributed by atoms with Gasteiger partial charge >= 0.3 is 0 Å². The van der Waals surface area contributed by atoms with Crippen molar-refractivity contribution in [2.24, 2.45) is 10.8 Å². The lowest BCUT2D eigenvalue weighted by Gasteiger charge is -2.22. The Morgan fingerprint density at radius 1 is 1.44 bits per heavy atom. The van der Waals surface area contributed by atoms with Crippen LogP contribution in [0.2, 0.25) is 0 Å². The van der Waals surface area contributed by atoms with Crippen molar-refractivity contribution in [3.8, 4) is 5.75 Å². The summed E-state index contributed by atoms with van der Waals surface area (Å²) in [5.41, 5.74) is 9.91. The molecule has 5 heteroatoms. The first kappa shape index (κ1) is 14.4. The minimum atomic E-state index is 0.00574. The van der Waals surface area contributed by atoms with Gasteiger partial charge in [-0.25, -0.2) is 0 Å². The first-order valence-electron chi connectivity index (χ1n) is 5.61. The summed E-state index contributed by atoms with van der Waals surface area (Å²) < 4.78 is 5.37. The highest BCUT2D eigenvalue weighted by atomic mass is 32.1. The van der Waals surface area contributed by atoms with Gasteiger partial charge in [0.2, 0.25) is 0 Å². The molecule has 3 N–H and O–H groups in total. The number of benzene rings is 1. The lowest BCUT2D eigenvalue weighted by Crippen LogP contribution is -2.24. The maximum atomic E-state index is 5.37.